The molecule has 1 aromatic heterocycles. The molecule has 3 heteroatoms. The Labute approximate surface area is 111 Å². The molecule has 0 fully saturated rings. The number of pyridine rings is 1. The minimum Gasteiger partial charge on any atom is -0.345 e. The fourth-order valence-corrected chi connectivity index (χ4v) is 1.69. The van der Waals surface area contributed by atoms with Gasteiger partial charge >= 0.3 is 0 Å². The number of anilines is 1. The predicted octanol–water partition coefficient (Wildman–Crippen LogP) is 2.43. The van der Waals surface area contributed by atoms with Crippen LogP contribution in [0, 0.1) is 12.3 Å². The van der Waals surface area contributed by atoms with Crippen molar-refractivity contribution in [3.63, 3.8) is 0 Å². The van der Waals surface area contributed by atoms with Crippen molar-refractivity contribution in [2.45, 2.75) is 39.8 Å². The molecule has 18 heavy (non-hydrogen) atoms. The van der Waals surface area contributed by atoms with E-state index in [4.69, 9.17) is 6.42 Å². The van der Waals surface area contributed by atoms with Gasteiger partial charge in [0, 0.05) is 25.3 Å². The molecule has 0 radical (unpaired) electrons. The van der Waals surface area contributed by atoms with Crippen molar-refractivity contribution in [1.29, 1.82) is 0 Å². The van der Waals surface area contributed by atoms with Gasteiger partial charge in [-0.3, -0.25) is 0 Å². The lowest BCUT2D eigenvalue weighted by molar-refractivity contribution is 0.588. The van der Waals surface area contributed by atoms with Crippen molar-refractivity contribution in [2.24, 2.45) is 0 Å². The average molecular weight is 245 g/mol. The Balaban J connectivity index is 2.65. The lowest BCUT2D eigenvalue weighted by Gasteiger charge is -2.20. The van der Waals surface area contributed by atoms with E-state index in [1.807, 2.05) is 12.3 Å². The Kier molecular flexibility index (Phi) is 6.24. The highest BCUT2D eigenvalue weighted by Crippen LogP contribution is 2.11. The Morgan fingerprint density at radius 1 is 1.44 bits per heavy atom. The molecular formula is C15H23N3. The van der Waals surface area contributed by atoms with E-state index in [1.165, 1.54) is 5.56 Å². The zero-order chi connectivity index (χ0) is 13.4. The third-order valence-corrected chi connectivity index (χ3v) is 2.62. The third kappa shape index (κ3) is 4.77. The van der Waals surface area contributed by atoms with Crippen LogP contribution in [0.3, 0.4) is 0 Å². The highest BCUT2D eigenvalue weighted by atomic mass is 15.2. The van der Waals surface area contributed by atoms with Crippen LogP contribution in [0.15, 0.2) is 18.3 Å². The van der Waals surface area contributed by atoms with Crippen molar-refractivity contribution >= 4 is 5.82 Å². The summed E-state index contributed by atoms with van der Waals surface area (Å²) in [5.74, 6) is 3.64. The third-order valence-electron chi connectivity index (χ3n) is 2.62. The van der Waals surface area contributed by atoms with Crippen molar-refractivity contribution in [3.8, 4) is 12.3 Å². The van der Waals surface area contributed by atoms with Crippen molar-refractivity contribution in [1.82, 2.24) is 10.3 Å². The van der Waals surface area contributed by atoms with Crippen LogP contribution in [-0.4, -0.2) is 24.1 Å². The van der Waals surface area contributed by atoms with E-state index in [2.05, 4.69) is 48.0 Å². The van der Waals surface area contributed by atoms with Gasteiger partial charge in [-0.1, -0.05) is 32.8 Å². The number of terminal acetylenes is 1. The summed E-state index contributed by atoms with van der Waals surface area (Å²) in [4.78, 5) is 6.61. The van der Waals surface area contributed by atoms with E-state index in [1.54, 1.807) is 0 Å². The molecule has 0 amide bonds. The number of aromatic nitrogens is 1. The predicted molar refractivity (Wildman–Crippen MR) is 77.5 cm³/mol. The topological polar surface area (TPSA) is 28.2 Å². The Morgan fingerprint density at radius 3 is 2.72 bits per heavy atom. The molecule has 1 rings (SSSR count). The summed E-state index contributed by atoms with van der Waals surface area (Å²) in [6, 6.07) is 4.64. The summed E-state index contributed by atoms with van der Waals surface area (Å²) in [5.41, 5.74) is 1.20. The van der Waals surface area contributed by atoms with Gasteiger partial charge in [-0.2, -0.15) is 0 Å². The van der Waals surface area contributed by atoms with Gasteiger partial charge in [-0.25, -0.2) is 4.98 Å². The van der Waals surface area contributed by atoms with Gasteiger partial charge in [-0.05, 0) is 18.1 Å². The molecule has 0 aliphatic carbocycles. The molecule has 0 aliphatic rings. The van der Waals surface area contributed by atoms with Crippen LogP contribution in [-0.2, 0) is 6.54 Å². The summed E-state index contributed by atoms with van der Waals surface area (Å²) in [6.45, 7) is 8.83. The average Bonchev–Trinajstić information content (AvgIpc) is 2.37. The van der Waals surface area contributed by atoms with Gasteiger partial charge in [0.15, 0.2) is 0 Å². The van der Waals surface area contributed by atoms with Crippen molar-refractivity contribution in [2.75, 3.05) is 18.0 Å². The van der Waals surface area contributed by atoms with E-state index in [-0.39, 0.29) is 0 Å². The first kappa shape index (κ1) is 14.5. The van der Waals surface area contributed by atoms with Crippen molar-refractivity contribution < 1.29 is 0 Å². The highest BCUT2D eigenvalue weighted by molar-refractivity contribution is 5.40. The van der Waals surface area contributed by atoms with Crippen molar-refractivity contribution in [3.05, 3.63) is 23.9 Å². The van der Waals surface area contributed by atoms with Gasteiger partial charge in [-0.15, -0.1) is 6.42 Å². The van der Waals surface area contributed by atoms with E-state index < -0.39 is 0 Å². The van der Waals surface area contributed by atoms with Crippen LogP contribution in [0.1, 0.15) is 32.8 Å². The second-order valence-electron chi connectivity index (χ2n) is 4.69. The highest BCUT2D eigenvalue weighted by Gasteiger charge is 2.05. The number of nitrogens with zero attached hydrogens (tertiary/aromatic N) is 2. The summed E-state index contributed by atoms with van der Waals surface area (Å²) in [5, 5.41) is 3.37. The molecule has 0 aromatic carbocycles. The van der Waals surface area contributed by atoms with Gasteiger partial charge in [0.25, 0.3) is 0 Å². The van der Waals surface area contributed by atoms with Gasteiger partial charge in [0.1, 0.15) is 5.82 Å². The minimum atomic E-state index is 0.489. The number of nitrogens with one attached hydrogen (secondary N) is 1. The Hall–Kier alpha value is -1.53. The molecule has 1 N–H and O–H groups in total. The fraction of sp³-hybridized carbons (Fsp3) is 0.533. The first-order valence-corrected chi connectivity index (χ1v) is 6.54. The van der Waals surface area contributed by atoms with E-state index >= 15 is 0 Å². The summed E-state index contributed by atoms with van der Waals surface area (Å²) < 4.78 is 0. The van der Waals surface area contributed by atoms with Crippen LogP contribution in [0.2, 0.25) is 0 Å². The molecule has 98 valence electrons. The maximum atomic E-state index is 5.38. The smallest absolute Gasteiger partial charge is 0.129 e. The molecule has 0 saturated carbocycles. The molecule has 1 aromatic rings. The largest absolute Gasteiger partial charge is 0.345 e. The standard InChI is InChI=1S/C15H23N3/c1-5-9-18(10-6-2)15-8-7-14(12-17-15)11-16-13(3)4/h1,7-8,12-13,16H,6,9-11H2,2-4H3. The van der Waals surface area contributed by atoms with Crippen LogP contribution in [0.4, 0.5) is 5.82 Å². The molecule has 3 nitrogen and oxygen atoms in total. The maximum absolute atomic E-state index is 5.38. The Morgan fingerprint density at radius 2 is 2.22 bits per heavy atom. The molecule has 1 heterocycles. The molecule has 0 saturated heterocycles. The minimum absolute atomic E-state index is 0.489. The lowest BCUT2D eigenvalue weighted by Crippen LogP contribution is -2.25. The maximum Gasteiger partial charge on any atom is 0.129 e. The van der Waals surface area contributed by atoms with Gasteiger partial charge in [0.2, 0.25) is 0 Å². The summed E-state index contributed by atoms with van der Waals surface area (Å²) >= 11 is 0. The molecule has 0 unspecified atom stereocenters. The van der Waals surface area contributed by atoms with E-state index in [9.17, 15) is 0 Å². The van der Waals surface area contributed by atoms with Crippen LogP contribution < -0.4 is 10.2 Å². The molecule has 0 spiro atoms. The zero-order valence-electron chi connectivity index (χ0n) is 11.6. The van der Waals surface area contributed by atoms with Gasteiger partial charge < -0.3 is 10.2 Å². The van der Waals surface area contributed by atoms with Gasteiger partial charge in [0.05, 0.1) is 6.54 Å². The first-order valence-electron chi connectivity index (χ1n) is 6.54. The summed E-state index contributed by atoms with van der Waals surface area (Å²) in [6.07, 6.45) is 8.37. The Bertz CT molecular complexity index is 376. The second-order valence-corrected chi connectivity index (χ2v) is 4.69. The second kappa shape index (κ2) is 7.73. The molecular weight excluding hydrogens is 222 g/mol. The number of hydrogen-bond acceptors (Lipinski definition) is 3. The number of rotatable bonds is 7. The quantitative estimate of drug-likeness (QED) is 0.748. The lowest BCUT2D eigenvalue weighted by atomic mass is 10.2. The normalized spacial score (nSPS) is 10.4. The van der Waals surface area contributed by atoms with E-state index in [0.717, 1.165) is 25.3 Å². The van der Waals surface area contributed by atoms with E-state index in [0.29, 0.717) is 12.6 Å². The summed E-state index contributed by atoms with van der Waals surface area (Å²) in [7, 11) is 0. The first-order chi connectivity index (χ1) is 8.67. The van der Waals surface area contributed by atoms with Crippen LogP contribution >= 0.6 is 0 Å². The SMILES string of the molecule is C#CCN(CCC)c1ccc(CNC(C)C)cn1. The molecule has 0 aliphatic heterocycles. The fourth-order valence-electron chi connectivity index (χ4n) is 1.69. The zero-order valence-corrected chi connectivity index (χ0v) is 11.6. The monoisotopic (exact) mass is 245 g/mol. The number of hydrogen-bond donors (Lipinski definition) is 1. The molecule has 0 bridgehead atoms. The van der Waals surface area contributed by atoms with Crippen LogP contribution in [0.25, 0.3) is 0 Å². The van der Waals surface area contributed by atoms with Crippen LogP contribution in [0.5, 0.6) is 0 Å². The molecule has 0 atom stereocenters.